The van der Waals surface area contributed by atoms with Crippen LogP contribution in [-0.4, -0.2) is 33.4 Å². The van der Waals surface area contributed by atoms with E-state index in [1.807, 2.05) is 13.0 Å². The van der Waals surface area contributed by atoms with E-state index < -0.39 is 23.6 Å². The van der Waals surface area contributed by atoms with Gasteiger partial charge in [0.05, 0.1) is 11.6 Å². The normalized spacial score (nSPS) is 15.0. The van der Waals surface area contributed by atoms with Gasteiger partial charge in [-0.15, -0.1) is 0 Å². The minimum absolute atomic E-state index is 0.285. The van der Waals surface area contributed by atoms with Gasteiger partial charge >= 0.3 is 6.18 Å². The molecule has 160 valence electrons. The zero-order valence-corrected chi connectivity index (χ0v) is 18.1. The van der Waals surface area contributed by atoms with Crippen LogP contribution in [0.1, 0.15) is 24.2 Å². The lowest BCUT2D eigenvalue weighted by Crippen LogP contribution is -2.54. The molecule has 8 heteroatoms. The first-order valence-corrected chi connectivity index (χ1v) is 10.9. The third-order valence-electron chi connectivity index (χ3n) is 4.87. The molecule has 3 aromatic rings. The predicted octanol–water partition coefficient (Wildman–Crippen LogP) is 6.40. The van der Waals surface area contributed by atoms with Gasteiger partial charge in [-0.1, -0.05) is 36.7 Å². The average molecular weight is 455 g/mol. The molecule has 1 heterocycles. The number of hydrogen-bond acceptors (Lipinski definition) is 4. The molecule has 30 heavy (non-hydrogen) atoms. The number of fused-ring (bicyclic) bond motifs is 1. The smallest absolute Gasteiger partial charge is 0.378 e. The zero-order chi connectivity index (χ0) is 21.9. The second-order valence-corrected chi connectivity index (χ2v) is 8.72. The molecule has 3 rings (SSSR count). The van der Waals surface area contributed by atoms with E-state index in [1.165, 1.54) is 24.3 Å². The quantitative estimate of drug-likeness (QED) is 0.433. The van der Waals surface area contributed by atoms with Gasteiger partial charge in [-0.25, -0.2) is 0 Å². The number of nitrogens with one attached hydrogen (secondary N) is 1. The van der Waals surface area contributed by atoms with Crippen LogP contribution in [0.5, 0.6) is 0 Å². The fourth-order valence-corrected chi connectivity index (χ4v) is 4.23. The van der Waals surface area contributed by atoms with Gasteiger partial charge in [-0.3, -0.25) is 4.98 Å². The van der Waals surface area contributed by atoms with Crippen LogP contribution in [-0.2, 0) is 0 Å². The van der Waals surface area contributed by atoms with E-state index in [1.54, 1.807) is 31.2 Å². The number of pyridine rings is 1. The number of nitrogens with zero attached hydrogens (tertiary/aromatic N) is 1. The van der Waals surface area contributed by atoms with Crippen LogP contribution in [0.25, 0.3) is 10.9 Å². The standard InChI is InChI=1S/C22H22ClF3N2OS/c1-3-30-13-21(29,22(24,25)26)20(15-8-10-16(23)11-9-15)28-19-6-4-5-18-17(19)12-7-14(2)27-18/h4-12,20,28-29H,3,13H2,1-2H3. The lowest BCUT2D eigenvalue weighted by Gasteiger charge is -2.39. The van der Waals surface area contributed by atoms with E-state index in [0.29, 0.717) is 27.4 Å². The molecule has 1 aromatic heterocycles. The summed E-state index contributed by atoms with van der Waals surface area (Å²) in [5.41, 5.74) is -0.785. The number of aromatic nitrogens is 1. The highest BCUT2D eigenvalue weighted by atomic mass is 35.5. The molecule has 0 spiro atoms. The molecular formula is C22H22ClF3N2OS. The van der Waals surface area contributed by atoms with Crippen molar-refractivity contribution in [2.75, 3.05) is 16.8 Å². The number of thioether (sulfide) groups is 1. The summed E-state index contributed by atoms with van der Waals surface area (Å²) >= 11 is 6.98. The average Bonchev–Trinajstić information content (AvgIpc) is 2.70. The lowest BCUT2D eigenvalue weighted by molar-refractivity contribution is -0.256. The number of aryl methyl sites for hydroxylation is 1. The molecule has 2 N–H and O–H groups in total. The van der Waals surface area contributed by atoms with Gasteiger partial charge in [0.15, 0.2) is 5.60 Å². The first kappa shape index (κ1) is 22.7. The van der Waals surface area contributed by atoms with E-state index in [0.717, 1.165) is 17.5 Å². The van der Waals surface area contributed by atoms with Gasteiger partial charge in [0.25, 0.3) is 0 Å². The van der Waals surface area contributed by atoms with E-state index in [-0.39, 0.29) is 5.56 Å². The molecule has 0 aliphatic heterocycles. The van der Waals surface area contributed by atoms with Crippen LogP contribution in [0.4, 0.5) is 18.9 Å². The van der Waals surface area contributed by atoms with Crippen LogP contribution < -0.4 is 5.32 Å². The van der Waals surface area contributed by atoms with Crippen LogP contribution in [0.2, 0.25) is 5.02 Å². The largest absolute Gasteiger partial charge is 0.420 e. The lowest BCUT2D eigenvalue weighted by atomic mass is 9.88. The second kappa shape index (κ2) is 9.04. The van der Waals surface area contributed by atoms with Gasteiger partial charge in [0.2, 0.25) is 0 Å². The number of halogens is 4. The van der Waals surface area contributed by atoms with E-state index >= 15 is 0 Å². The van der Waals surface area contributed by atoms with Crippen molar-refractivity contribution in [2.45, 2.75) is 31.7 Å². The van der Waals surface area contributed by atoms with Crippen molar-refractivity contribution in [3.05, 3.63) is 70.9 Å². The molecule has 2 atom stereocenters. The highest BCUT2D eigenvalue weighted by molar-refractivity contribution is 7.99. The molecule has 0 fully saturated rings. The van der Waals surface area contributed by atoms with E-state index in [4.69, 9.17) is 11.6 Å². The Morgan fingerprint density at radius 1 is 1.10 bits per heavy atom. The Labute approximate surface area is 182 Å². The molecule has 0 radical (unpaired) electrons. The zero-order valence-electron chi connectivity index (χ0n) is 16.5. The van der Waals surface area contributed by atoms with Crippen LogP contribution >= 0.6 is 23.4 Å². The molecule has 2 aromatic carbocycles. The Morgan fingerprint density at radius 3 is 2.43 bits per heavy atom. The van der Waals surface area contributed by atoms with Gasteiger partial charge in [0, 0.05) is 27.5 Å². The van der Waals surface area contributed by atoms with Gasteiger partial charge < -0.3 is 10.4 Å². The molecular weight excluding hydrogens is 433 g/mol. The molecule has 0 aliphatic carbocycles. The van der Waals surface area contributed by atoms with Crippen molar-refractivity contribution >= 4 is 40.0 Å². The summed E-state index contributed by atoms with van der Waals surface area (Å²) in [7, 11) is 0. The van der Waals surface area contributed by atoms with Crippen molar-refractivity contribution in [2.24, 2.45) is 0 Å². The van der Waals surface area contributed by atoms with Gasteiger partial charge in [-0.05, 0) is 54.6 Å². The monoisotopic (exact) mass is 454 g/mol. The number of rotatable bonds is 7. The van der Waals surface area contributed by atoms with E-state index in [9.17, 15) is 18.3 Å². The Hall–Kier alpha value is -1.96. The molecule has 2 unspecified atom stereocenters. The molecule has 0 saturated heterocycles. The molecule has 3 nitrogen and oxygen atoms in total. The SMILES string of the molecule is CCSCC(O)(C(Nc1cccc2nc(C)ccc12)c1ccc(Cl)cc1)C(F)(F)F. The minimum Gasteiger partial charge on any atom is -0.378 e. The third-order valence-corrected chi connectivity index (χ3v) is 6.17. The first-order chi connectivity index (χ1) is 14.2. The Morgan fingerprint density at radius 2 is 1.80 bits per heavy atom. The van der Waals surface area contributed by atoms with Crippen molar-refractivity contribution in [3.8, 4) is 0 Å². The number of benzene rings is 2. The molecule has 0 saturated carbocycles. The molecule has 0 aliphatic rings. The van der Waals surface area contributed by atoms with Crippen LogP contribution in [0.15, 0.2) is 54.6 Å². The summed E-state index contributed by atoms with van der Waals surface area (Å²) in [6.07, 6.45) is -4.86. The fraction of sp³-hybridized carbons (Fsp3) is 0.318. The Bertz CT molecular complexity index is 1010. The van der Waals surface area contributed by atoms with Crippen molar-refractivity contribution in [1.29, 1.82) is 0 Å². The first-order valence-electron chi connectivity index (χ1n) is 9.41. The maximum Gasteiger partial charge on any atom is 0.420 e. The third kappa shape index (κ3) is 4.68. The van der Waals surface area contributed by atoms with Crippen LogP contribution in [0.3, 0.4) is 0 Å². The highest BCUT2D eigenvalue weighted by Crippen LogP contribution is 2.44. The summed E-state index contributed by atoms with van der Waals surface area (Å²) in [4.78, 5) is 4.44. The highest BCUT2D eigenvalue weighted by Gasteiger charge is 2.59. The summed E-state index contributed by atoms with van der Waals surface area (Å²) in [5.74, 6) is -0.0569. The van der Waals surface area contributed by atoms with Crippen LogP contribution in [0, 0.1) is 6.92 Å². The number of hydrogen-bond donors (Lipinski definition) is 2. The number of aliphatic hydroxyl groups is 1. The predicted molar refractivity (Wildman–Crippen MR) is 118 cm³/mol. The second-order valence-electron chi connectivity index (χ2n) is 7.01. The van der Waals surface area contributed by atoms with Crippen molar-refractivity contribution in [3.63, 3.8) is 0 Å². The Balaban J connectivity index is 2.14. The van der Waals surface area contributed by atoms with Gasteiger partial charge in [0.1, 0.15) is 0 Å². The summed E-state index contributed by atoms with van der Waals surface area (Å²) in [5, 5.41) is 15.0. The van der Waals surface area contributed by atoms with E-state index in [2.05, 4.69) is 10.3 Å². The summed E-state index contributed by atoms with van der Waals surface area (Å²) < 4.78 is 42.5. The Kier molecular flexibility index (Phi) is 6.84. The maximum atomic E-state index is 14.2. The summed E-state index contributed by atoms with van der Waals surface area (Å²) in [6.45, 7) is 3.60. The summed E-state index contributed by atoms with van der Waals surface area (Å²) in [6, 6.07) is 13.4. The number of anilines is 1. The number of alkyl halides is 3. The topological polar surface area (TPSA) is 45.1 Å². The van der Waals surface area contributed by atoms with Crippen molar-refractivity contribution < 1.29 is 18.3 Å². The fourth-order valence-electron chi connectivity index (χ4n) is 3.26. The maximum absolute atomic E-state index is 14.2. The molecule has 0 amide bonds. The van der Waals surface area contributed by atoms with Crippen molar-refractivity contribution in [1.82, 2.24) is 4.98 Å². The minimum atomic E-state index is -4.86. The van der Waals surface area contributed by atoms with Gasteiger partial charge in [-0.2, -0.15) is 24.9 Å². The molecule has 0 bridgehead atoms.